The highest BCUT2D eigenvalue weighted by atomic mass is 16.4. The van der Waals surface area contributed by atoms with Gasteiger partial charge in [0, 0.05) is 5.57 Å². The second-order valence-electron chi connectivity index (χ2n) is 5.04. The fourth-order valence-corrected chi connectivity index (χ4v) is 2.25. The second kappa shape index (κ2) is 4.73. The Labute approximate surface area is 101 Å². The third kappa shape index (κ3) is 2.75. The van der Waals surface area contributed by atoms with Crippen LogP contribution in [0.25, 0.3) is 0 Å². The van der Waals surface area contributed by atoms with Crippen molar-refractivity contribution in [2.75, 3.05) is 0 Å². The summed E-state index contributed by atoms with van der Waals surface area (Å²) in [6, 6.07) is 0. The van der Waals surface area contributed by atoms with Gasteiger partial charge >= 0.3 is 11.9 Å². The fourth-order valence-electron chi connectivity index (χ4n) is 2.25. The molecule has 0 saturated heterocycles. The normalized spacial score (nSPS) is 24.2. The molecule has 0 fully saturated rings. The minimum atomic E-state index is -1.07. The Morgan fingerprint density at radius 1 is 1.41 bits per heavy atom. The molecule has 0 heterocycles. The van der Waals surface area contributed by atoms with E-state index >= 15 is 0 Å². The van der Waals surface area contributed by atoms with Crippen LogP contribution in [0, 0.1) is 11.3 Å². The van der Waals surface area contributed by atoms with Gasteiger partial charge in [-0.1, -0.05) is 26.0 Å². The molecule has 4 heteroatoms. The van der Waals surface area contributed by atoms with Crippen LogP contribution < -0.4 is 0 Å². The molecule has 4 nitrogen and oxygen atoms in total. The van der Waals surface area contributed by atoms with Crippen LogP contribution in [0.15, 0.2) is 23.3 Å². The number of allylic oxidation sites excluding steroid dienone is 2. The minimum absolute atomic E-state index is 0.0676. The van der Waals surface area contributed by atoms with Gasteiger partial charge in [-0.3, -0.25) is 4.79 Å². The number of hydrogen-bond donors (Lipinski definition) is 2. The topological polar surface area (TPSA) is 74.6 Å². The molecular formula is C13H18O4. The van der Waals surface area contributed by atoms with Crippen molar-refractivity contribution in [2.24, 2.45) is 11.3 Å². The van der Waals surface area contributed by atoms with Crippen molar-refractivity contribution in [2.45, 2.75) is 33.6 Å². The lowest BCUT2D eigenvalue weighted by Crippen LogP contribution is -2.34. The summed E-state index contributed by atoms with van der Waals surface area (Å²) >= 11 is 0. The summed E-state index contributed by atoms with van der Waals surface area (Å²) in [4.78, 5) is 22.5. The van der Waals surface area contributed by atoms with Gasteiger partial charge in [0.1, 0.15) is 0 Å². The molecule has 17 heavy (non-hydrogen) atoms. The van der Waals surface area contributed by atoms with E-state index in [1.165, 1.54) is 0 Å². The second-order valence-corrected chi connectivity index (χ2v) is 5.04. The van der Waals surface area contributed by atoms with E-state index in [9.17, 15) is 14.7 Å². The van der Waals surface area contributed by atoms with Gasteiger partial charge in [-0.15, -0.1) is 0 Å². The van der Waals surface area contributed by atoms with Crippen molar-refractivity contribution in [1.29, 1.82) is 0 Å². The SMILES string of the molecule is CC1=C(C(=O)O)CC(CC(C)C)(C(=O)O)C=C1. The first-order valence-corrected chi connectivity index (χ1v) is 5.64. The zero-order valence-corrected chi connectivity index (χ0v) is 10.4. The molecule has 0 radical (unpaired) electrons. The summed E-state index contributed by atoms with van der Waals surface area (Å²) in [5.41, 5.74) is -0.227. The van der Waals surface area contributed by atoms with Crippen molar-refractivity contribution in [3.63, 3.8) is 0 Å². The van der Waals surface area contributed by atoms with Crippen molar-refractivity contribution < 1.29 is 19.8 Å². The van der Waals surface area contributed by atoms with Crippen LogP contribution in [0.2, 0.25) is 0 Å². The lowest BCUT2D eigenvalue weighted by Gasteiger charge is -2.31. The molecule has 0 spiro atoms. The largest absolute Gasteiger partial charge is 0.481 e. The van der Waals surface area contributed by atoms with Gasteiger partial charge in [0.05, 0.1) is 5.41 Å². The van der Waals surface area contributed by atoms with Crippen molar-refractivity contribution >= 4 is 11.9 Å². The number of hydrogen-bond acceptors (Lipinski definition) is 2. The van der Waals surface area contributed by atoms with E-state index in [1.807, 2.05) is 13.8 Å². The summed E-state index contributed by atoms with van der Waals surface area (Å²) < 4.78 is 0. The molecular weight excluding hydrogens is 220 g/mol. The van der Waals surface area contributed by atoms with E-state index in [1.54, 1.807) is 19.1 Å². The Morgan fingerprint density at radius 2 is 2.00 bits per heavy atom. The Morgan fingerprint density at radius 3 is 2.41 bits per heavy atom. The molecule has 0 aromatic carbocycles. The molecule has 1 unspecified atom stereocenters. The molecule has 1 atom stereocenters. The summed E-state index contributed by atoms with van der Waals surface area (Å²) in [6.07, 6.45) is 3.77. The first-order chi connectivity index (χ1) is 7.78. The smallest absolute Gasteiger partial charge is 0.331 e. The van der Waals surface area contributed by atoms with E-state index in [0.29, 0.717) is 12.0 Å². The third-order valence-corrected chi connectivity index (χ3v) is 3.08. The first-order valence-electron chi connectivity index (χ1n) is 5.64. The van der Waals surface area contributed by atoms with Gasteiger partial charge in [0.2, 0.25) is 0 Å². The summed E-state index contributed by atoms with van der Waals surface area (Å²) in [7, 11) is 0. The maximum Gasteiger partial charge on any atom is 0.331 e. The molecule has 2 N–H and O–H groups in total. The van der Waals surface area contributed by atoms with E-state index in [-0.39, 0.29) is 17.9 Å². The lowest BCUT2D eigenvalue weighted by atomic mass is 9.71. The Hall–Kier alpha value is -1.58. The number of carbonyl (C=O) groups is 2. The number of carboxylic acids is 2. The Kier molecular flexibility index (Phi) is 3.76. The molecule has 0 bridgehead atoms. The van der Waals surface area contributed by atoms with Gasteiger partial charge in [0.15, 0.2) is 0 Å². The maximum absolute atomic E-state index is 11.4. The highest BCUT2D eigenvalue weighted by Gasteiger charge is 2.40. The summed E-state index contributed by atoms with van der Waals surface area (Å²) in [5.74, 6) is -1.78. The number of rotatable bonds is 4. The van der Waals surface area contributed by atoms with Crippen molar-refractivity contribution in [1.82, 2.24) is 0 Å². The van der Waals surface area contributed by atoms with Crippen LogP contribution in [0.5, 0.6) is 0 Å². The zero-order valence-electron chi connectivity index (χ0n) is 10.4. The number of aliphatic carboxylic acids is 2. The summed E-state index contributed by atoms with van der Waals surface area (Å²) in [5, 5.41) is 18.4. The highest BCUT2D eigenvalue weighted by Crippen LogP contribution is 2.39. The standard InChI is InChI=1S/C13H18O4/c1-8(2)6-13(12(16)17)5-4-9(3)10(7-13)11(14)15/h4-5,8H,6-7H2,1-3H3,(H,14,15)(H,16,17). The van der Waals surface area contributed by atoms with E-state index in [0.717, 1.165) is 0 Å². The van der Waals surface area contributed by atoms with Crippen LogP contribution in [-0.2, 0) is 9.59 Å². The molecule has 0 saturated carbocycles. The molecule has 1 aliphatic rings. The van der Waals surface area contributed by atoms with Crippen LogP contribution in [0.4, 0.5) is 0 Å². The molecule has 94 valence electrons. The molecule has 0 aromatic rings. The quantitative estimate of drug-likeness (QED) is 0.789. The molecule has 0 aromatic heterocycles. The Bertz CT molecular complexity index is 404. The van der Waals surface area contributed by atoms with Gasteiger partial charge in [-0.25, -0.2) is 4.79 Å². The molecule has 0 amide bonds. The van der Waals surface area contributed by atoms with Crippen LogP contribution in [0.3, 0.4) is 0 Å². The first kappa shape index (κ1) is 13.5. The van der Waals surface area contributed by atoms with Gasteiger partial charge in [0.25, 0.3) is 0 Å². The third-order valence-electron chi connectivity index (χ3n) is 3.08. The molecule has 1 aliphatic carbocycles. The fraction of sp³-hybridized carbons (Fsp3) is 0.538. The van der Waals surface area contributed by atoms with Gasteiger partial charge < -0.3 is 10.2 Å². The van der Waals surface area contributed by atoms with Crippen LogP contribution in [0.1, 0.15) is 33.6 Å². The molecule has 0 aliphatic heterocycles. The van der Waals surface area contributed by atoms with Crippen LogP contribution in [-0.4, -0.2) is 22.2 Å². The van der Waals surface area contributed by atoms with Gasteiger partial charge in [-0.05, 0) is 31.3 Å². The summed E-state index contributed by atoms with van der Waals surface area (Å²) in [6.45, 7) is 5.56. The van der Waals surface area contributed by atoms with E-state index < -0.39 is 17.4 Å². The highest BCUT2D eigenvalue weighted by molar-refractivity contribution is 5.91. The van der Waals surface area contributed by atoms with E-state index in [4.69, 9.17) is 5.11 Å². The van der Waals surface area contributed by atoms with E-state index in [2.05, 4.69) is 0 Å². The maximum atomic E-state index is 11.4. The van der Waals surface area contributed by atoms with Crippen molar-refractivity contribution in [3.8, 4) is 0 Å². The minimum Gasteiger partial charge on any atom is -0.481 e. The predicted molar refractivity (Wildman–Crippen MR) is 63.6 cm³/mol. The van der Waals surface area contributed by atoms with Crippen LogP contribution >= 0.6 is 0 Å². The Balaban J connectivity index is 3.11. The predicted octanol–water partition coefficient (Wildman–Crippen LogP) is 2.46. The zero-order chi connectivity index (χ0) is 13.2. The number of carboxylic acid groups (broad SMARTS) is 2. The molecule has 1 rings (SSSR count). The lowest BCUT2D eigenvalue weighted by molar-refractivity contribution is -0.147. The average molecular weight is 238 g/mol. The van der Waals surface area contributed by atoms with Gasteiger partial charge in [-0.2, -0.15) is 0 Å². The monoisotopic (exact) mass is 238 g/mol. The average Bonchev–Trinajstić information content (AvgIpc) is 2.19. The van der Waals surface area contributed by atoms with Crippen molar-refractivity contribution in [3.05, 3.63) is 23.3 Å².